The third kappa shape index (κ3) is 7.10. The number of methoxy groups -OCH3 is 1. The van der Waals surface area contributed by atoms with E-state index in [1.54, 1.807) is 0 Å². The molecule has 1 heterocycles. The van der Waals surface area contributed by atoms with E-state index in [0.717, 1.165) is 31.7 Å². The molecule has 3 aromatic carbocycles. The summed E-state index contributed by atoms with van der Waals surface area (Å²) < 4.78 is 5.00. The number of likely N-dealkylation sites (N-methyl/N-ethyl adjacent to an activating group) is 1. The number of ether oxygens (including phenoxy) is 1. The maximum atomic E-state index is 12.2. The molecule has 1 aliphatic rings. The molecule has 4 nitrogen and oxygen atoms in total. The summed E-state index contributed by atoms with van der Waals surface area (Å²) in [4.78, 5) is 17.2. The van der Waals surface area contributed by atoms with Crippen LogP contribution >= 0.6 is 0 Å². The Kier molecular flexibility index (Phi) is 9.37. The highest BCUT2D eigenvalue weighted by Crippen LogP contribution is 2.35. The SMILES string of the molecule is COC(=O)CC/C(=C(\c1ccc(C)cc1)c1ccc([Si](C)(C)CN2CCN(C)CC2)cc1)c1ccccc1. The van der Waals surface area contributed by atoms with Gasteiger partial charge >= 0.3 is 5.97 Å². The molecule has 0 radical (unpaired) electrons. The normalized spacial score (nSPS) is 15.7. The fourth-order valence-electron chi connectivity index (χ4n) is 5.36. The molecular weight excluding hydrogens is 484 g/mol. The summed E-state index contributed by atoms with van der Waals surface area (Å²) in [5, 5.41) is 1.49. The van der Waals surface area contributed by atoms with Gasteiger partial charge in [-0.25, -0.2) is 0 Å². The van der Waals surface area contributed by atoms with Gasteiger partial charge in [-0.3, -0.25) is 4.79 Å². The molecule has 1 aliphatic heterocycles. The van der Waals surface area contributed by atoms with Gasteiger partial charge in [0, 0.05) is 32.6 Å². The van der Waals surface area contributed by atoms with E-state index in [1.165, 1.54) is 46.3 Å². The van der Waals surface area contributed by atoms with Gasteiger partial charge in [0.25, 0.3) is 0 Å². The number of hydrogen-bond donors (Lipinski definition) is 0. The van der Waals surface area contributed by atoms with E-state index in [0.29, 0.717) is 12.8 Å². The molecule has 38 heavy (non-hydrogen) atoms. The molecule has 0 saturated carbocycles. The van der Waals surface area contributed by atoms with E-state index >= 15 is 0 Å². The number of allylic oxidation sites excluding steroid dienone is 1. The van der Waals surface area contributed by atoms with Crippen LogP contribution in [0, 0.1) is 6.92 Å². The van der Waals surface area contributed by atoms with E-state index < -0.39 is 8.07 Å². The molecule has 1 saturated heterocycles. The predicted molar refractivity (Wildman–Crippen MR) is 162 cm³/mol. The number of benzene rings is 3. The maximum absolute atomic E-state index is 12.2. The minimum absolute atomic E-state index is 0.186. The Hall–Kier alpha value is -2.99. The molecule has 4 rings (SSSR count). The largest absolute Gasteiger partial charge is 0.469 e. The van der Waals surface area contributed by atoms with Crippen molar-refractivity contribution in [2.24, 2.45) is 0 Å². The predicted octanol–water partition coefficient (Wildman–Crippen LogP) is 5.61. The molecule has 0 N–H and O–H groups in total. The van der Waals surface area contributed by atoms with Crippen LogP contribution in [0.5, 0.6) is 0 Å². The zero-order chi connectivity index (χ0) is 27.1. The molecule has 0 bridgehead atoms. The number of carbonyl (C=O) groups excluding carboxylic acids is 1. The molecule has 0 aliphatic carbocycles. The van der Waals surface area contributed by atoms with Crippen molar-refractivity contribution in [2.45, 2.75) is 32.9 Å². The third-order valence-corrected chi connectivity index (χ3v) is 10.9. The van der Waals surface area contributed by atoms with E-state index in [2.05, 4.69) is 110 Å². The van der Waals surface area contributed by atoms with E-state index in [9.17, 15) is 4.79 Å². The Morgan fingerprint density at radius 3 is 1.95 bits per heavy atom. The van der Waals surface area contributed by atoms with E-state index in [1.807, 2.05) is 6.07 Å². The highest BCUT2D eigenvalue weighted by atomic mass is 28.3. The summed E-state index contributed by atoms with van der Waals surface area (Å²) in [6.07, 6.45) is 2.15. The summed E-state index contributed by atoms with van der Waals surface area (Å²) in [6.45, 7) is 11.7. The van der Waals surface area contributed by atoms with Gasteiger partial charge in [-0.15, -0.1) is 0 Å². The second-order valence-corrected chi connectivity index (χ2v) is 15.9. The average molecular weight is 527 g/mol. The Bertz CT molecular complexity index is 1230. The number of nitrogens with zero attached hydrogens (tertiary/aromatic N) is 2. The van der Waals surface area contributed by atoms with Gasteiger partial charge < -0.3 is 14.5 Å². The Morgan fingerprint density at radius 2 is 1.37 bits per heavy atom. The van der Waals surface area contributed by atoms with E-state index in [-0.39, 0.29) is 5.97 Å². The fraction of sp³-hybridized carbons (Fsp3) is 0.364. The monoisotopic (exact) mass is 526 g/mol. The van der Waals surface area contributed by atoms with Crippen molar-refractivity contribution in [3.63, 3.8) is 0 Å². The molecule has 0 atom stereocenters. The van der Waals surface area contributed by atoms with Crippen LogP contribution in [0.4, 0.5) is 0 Å². The van der Waals surface area contributed by atoms with Gasteiger partial charge in [0.2, 0.25) is 0 Å². The smallest absolute Gasteiger partial charge is 0.305 e. The van der Waals surface area contributed by atoms with Gasteiger partial charge in [0.15, 0.2) is 0 Å². The van der Waals surface area contributed by atoms with Crippen LogP contribution in [0.25, 0.3) is 11.1 Å². The van der Waals surface area contributed by atoms with Crippen LogP contribution in [-0.2, 0) is 9.53 Å². The van der Waals surface area contributed by atoms with Crippen molar-refractivity contribution in [1.82, 2.24) is 9.80 Å². The third-order valence-electron chi connectivity index (χ3n) is 7.74. The first-order valence-electron chi connectivity index (χ1n) is 13.7. The van der Waals surface area contributed by atoms with Crippen molar-refractivity contribution in [2.75, 3.05) is 46.5 Å². The van der Waals surface area contributed by atoms with Crippen LogP contribution < -0.4 is 5.19 Å². The summed E-state index contributed by atoms with van der Waals surface area (Å²) in [5.41, 5.74) is 7.08. The first kappa shape index (κ1) is 28.0. The molecule has 0 unspecified atom stereocenters. The van der Waals surface area contributed by atoms with Gasteiger partial charge in [-0.05, 0) is 54.4 Å². The number of aryl methyl sites for hydroxylation is 1. The zero-order valence-corrected chi connectivity index (χ0v) is 24.7. The minimum Gasteiger partial charge on any atom is -0.469 e. The molecular formula is C33H42N2O2Si. The topological polar surface area (TPSA) is 32.8 Å². The van der Waals surface area contributed by atoms with Crippen molar-refractivity contribution in [3.8, 4) is 0 Å². The number of rotatable bonds is 9. The number of piperazine rings is 1. The summed E-state index contributed by atoms with van der Waals surface area (Å²) >= 11 is 0. The van der Waals surface area contributed by atoms with Crippen LogP contribution in [0.15, 0.2) is 78.9 Å². The fourth-order valence-corrected chi connectivity index (χ4v) is 8.05. The molecule has 3 aromatic rings. The van der Waals surface area contributed by atoms with Gasteiger partial charge in [0.1, 0.15) is 0 Å². The zero-order valence-electron chi connectivity index (χ0n) is 23.7. The molecule has 1 fully saturated rings. The highest BCUT2D eigenvalue weighted by molar-refractivity contribution is 6.90. The van der Waals surface area contributed by atoms with Crippen molar-refractivity contribution in [1.29, 1.82) is 0 Å². The number of esters is 1. The van der Waals surface area contributed by atoms with Gasteiger partial charge in [0.05, 0.1) is 15.2 Å². The average Bonchev–Trinajstić information content (AvgIpc) is 2.93. The summed E-state index contributed by atoms with van der Waals surface area (Å²) in [5.74, 6) is -0.186. The maximum Gasteiger partial charge on any atom is 0.305 e. The molecule has 5 heteroatoms. The lowest BCUT2D eigenvalue weighted by molar-refractivity contribution is -0.140. The molecule has 0 amide bonds. The standard InChI is InChI=1S/C33H42N2O2Si/c1-26-11-13-28(14-12-26)33(31(19-20-32(36)37-3)27-9-7-6-8-10-27)29-15-17-30(18-16-29)38(4,5)25-35-23-21-34(2)22-24-35/h6-18H,19-25H2,1-5H3/b33-31-. The van der Waals surface area contributed by atoms with Crippen molar-refractivity contribution >= 4 is 30.4 Å². The van der Waals surface area contributed by atoms with Gasteiger partial charge in [-0.2, -0.15) is 0 Å². The van der Waals surface area contributed by atoms with Gasteiger partial charge in [-0.1, -0.05) is 103 Å². The highest BCUT2D eigenvalue weighted by Gasteiger charge is 2.28. The first-order chi connectivity index (χ1) is 18.3. The number of carbonyl (C=O) groups is 1. The quantitative estimate of drug-likeness (QED) is 0.206. The van der Waals surface area contributed by atoms with Crippen molar-refractivity contribution in [3.05, 3.63) is 101 Å². The molecule has 200 valence electrons. The Morgan fingerprint density at radius 1 is 0.789 bits per heavy atom. The van der Waals surface area contributed by atoms with Crippen LogP contribution in [0.2, 0.25) is 13.1 Å². The number of hydrogen-bond acceptors (Lipinski definition) is 4. The Labute approximate surface area is 230 Å². The lowest BCUT2D eigenvalue weighted by atomic mass is 9.87. The summed E-state index contributed by atoms with van der Waals surface area (Å²) in [7, 11) is 2.05. The first-order valence-corrected chi connectivity index (χ1v) is 16.9. The molecule has 0 aromatic heterocycles. The van der Waals surface area contributed by atoms with Crippen LogP contribution in [0.3, 0.4) is 0 Å². The van der Waals surface area contributed by atoms with Crippen molar-refractivity contribution < 1.29 is 9.53 Å². The van der Waals surface area contributed by atoms with E-state index in [4.69, 9.17) is 4.74 Å². The Balaban J connectivity index is 1.73. The lowest BCUT2D eigenvalue weighted by Crippen LogP contribution is -2.56. The second kappa shape index (κ2) is 12.7. The molecule has 0 spiro atoms. The summed E-state index contributed by atoms with van der Waals surface area (Å²) in [6, 6.07) is 28.5. The lowest BCUT2D eigenvalue weighted by Gasteiger charge is -2.37. The second-order valence-electron chi connectivity index (χ2n) is 11.2. The van der Waals surface area contributed by atoms with Crippen LogP contribution in [-0.4, -0.2) is 70.3 Å². The minimum atomic E-state index is -1.63. The van der Waals surface area contributed by atoms with Crippen LogP contribution in [0.1, 0.15) is 35.1 Å².